The predicted octanol–water partition coefficient (Wildman–Crippen LogP) is 13.8. The van der Waals surface area contributed by atoms with Crippen LogP contribution in [0.2, 0.25) is 0 Å². The number of furan rings is 2. The van der Waals surface area contributed by atoms with Crippen LogP contribution in [0.25, 0.3) is 82.4 Å². The molecule has 1 unspecified atom stereocenters. The predicted molar refractivity (Wildman–Crippen MR) is 212 cm³/mol. The molecule has 0 saturated heterocycles. The molecule has 1 aliphatic carbocycles. The number of rotatable bonds is 2. The Hall–Kier alpha value is -5.34. The lowest BCUT2D eigenvalue weighted by Crippen LogP contribution is -2.12. The number of hydrogen-bond donors (Lipinski definition) is 0. The van der Waals surface area contributed by atoms with E-state index >= 15 is 0 Å². The summed E-state index contributed by atoms with van der Waals surface area (Å²) in [6.07, 6.45) is 5.45. The number of benzene rings is 7. The molecule has 2 aromatic heterocycles. The fourth-order valence-corrected chi connectivity index (χ4v) is 8.52. The van der Waals surface area contributed by atoms with Crippen LogP contribution >= 0.6 is 0 Å². The summed E-state index contributed by atoms with van der Waals surface area (Å²) in [6.45, 7) is 13.9. The molecular formula is C48H40O2. The zero-order valence-electron chi connectivity index (χ0n) is 29.6. The highest BCUT2D eigenvalue weighted by Gasteiger charge is 2.30. The Balaban J connectivity index is 1.41. The largest absolute Gasteiger partial charge is 0.456 e. The van der Waals surface area contributed by atoms with Gasteiger partial charge in [-0.1, -0.05) is 114 Å². The topological polar surface area (TPSA) is 26.3 Å². The van der Waals surface area contributed by atoms with E-state index in [0.29, 0.717) is 5.92 Å². The summed E-state index contributed by atoms with van der Waals surface area (Å²) in [5.41, 5.74) is 10.4. The third-order valence-corrected chi connectivity index (χ3v) is 11.3. The third kappa shape index (κ3) is 4.21. The Morgan fingerprint density at radius 3 is 1.74 bits per heavy atom. The molecular weight excluding hydrogens is 609 g/mol. The van der Waals surface area contributed by atoms with E-state index < -0.39 is 0 Å². The summed E-state index contributed by atoms with van der Waals surface area (Å²) in [6, 6.07) is 37.9. The van der Waals surface area contributed by atoms with Gasteiger partial charge in [0.05, 0.1) is 0 Å². The Morgan fingerprint density at radius 1 is 0.520 bits per heavy atom. The van der Waals surface area contributed by atoms with E-state index in [1.165, 1.54) is 76.5 Å². The standard InChI is InChI=1S/C48H40O2/c1-47(2,3)31-23-35-41-37(25-31)45-44(34-22-30(18-20-40(34)49-45)28-15-11-8-12-16-28)36-24-32(48(4,5)6)26-38(42(36)41)46-43(35)33-21-29(17-19-39(33)50-46)27-13-9-7-10-14-27/h7-21,23-26,30H,22H2,1-6H3. The van der Waals surface area contributed by atoms with Crippen LogP contribution in [0.1, 0.15) is 75.5 Å². The lowest BCUT2D eigenvalue weighted by Gasteiger charge is -2.24. The molecule has 0 aliphatic heterocycles. The zero-order chi connectivity index (χ0) is 34.1. The molecule has 9 aromatic rings. The van der Waals surface area contributed by atoms with Crippen molar-refractivity contribution in [1.82, 2.24) is 0 Å². The van der Waals surface area contributed by atoms with Gasteiger partial charge in [0.25, 0.3) is 0 Å². The minimum Gasteiger partial charge on any atom is -0.456 e. The van der Waals surface area contributed by atoms with Crippen molar-refractivity contribution in [3.63, 3.8) is 0 Å². The van der Waals surface area contributed by atoms with Gasteiger partial charge in [0.2, 0.25) is 0 Å². The zero-order valence-corrected chi connectivity index (χ0v) is 29.6. The lowest BCUT2D eigenvalue weighted by molar-refractivity contribution is 0.589. The molecule has 0 bridgehead atoms. The van der Waals surface area contributed by atoms with Crippen molar-refractivity contribution in [2.24, 2.45) is 0 Å². The molecule has 7 aromatic carbocycles. The van der Waals surface area contributed by atoms with Gasteiger partial charge in [-0.05, 0) is 98.3 Å². The van der Waals surface area contributed by atoms with Crippen molar-refractivity contribution < 1.29 is 8.83 Å². The quantitative estimate of drug-likeness (QED) is 0.174. The van der Waals surface area contributed by atoms with Gasteiger partial charge < -0.3 is 8.83 Å². The van der Waals surface area contributed by atoms with E-state index in [4.69, 9.17) is 8.83 Å². The van der Waals surface area contributed by atoms with Crippen LogP contribution < -0.4 is 0 Å². The van der Waals surface area contributed by atoms with E-state index in [0.717, 1.165) is 34.3 Å². The van der Waals surface area contributed by atoms with Crippen LogP contribution in [-0.4, -0.2) is 0 Å². The maximum Gasteiger partial charge on any atom is 0.143 e. The molecule has 1 atom stereocenters. The second kappa shape index (κ2) is 10.1. The van der Waals surface area contributed by atoms with E-state index in [9.17, 15) is 0 Å². The van der Waals surface area contributed by atoms with Crippen molar-refractivity contribution in [3.05, 3.63) is 137 Å². The van der Waals surface area contributed by atoms with E-state index in [-0.39, 0.29) is 10.8 Å². The smallest absolute Gasteiger partial charge is 0.143 e. The number of hydrogen-bond acceptors (Lipinski definition) is 2. The molecule has 10 rings (SSSR count). The van der Waals surface area contributed by atoms with Gasteiger partial charge in [0.15, 0.2) is 0 Å². The summed E-state index contributed by atoms with van der Waals surface area (Å²) in [7, 11) is 0. The summed E-state index contributed by atoms with van der Waals surface area (Å²) in [4.78, 5) is 0. The highest BCUT2D eigenvalue weighted by Crippen LogP contribution is 2.52. The molecule has 2 nitrogen and oxygen atoms in total. The molecule has 0 spiro atoms. The Labute approximate surface area is 292 Å². The highest BCUT2D eigenvalue weighted by molar-refractivity contribution is 6.41. The monoisotopic (exact) mass is 648 g/mol. The summed E-state index contributed by atoms with van der Waals surface area (Å²) in [5.74, 6) is 1.28. The van der Waals surface area contributed by atoms with Gasteiger partial charge >= 0.3 is 0 Å². The normalized spacial score (nSPS) is 15.4. The first kappa shape index (κ1) is 29.6. The van der Waals surface area contributed by atoms with Crippen molar-refractivity contribution in [3.8, 4) is 11.1 Å². The van der Waals surface area contributed by atoms with Crippen LogP contribution in [0.3, 0.4) is 0 Å². The van der Waals surface area contributed by atoms with Crippen LogP contribution in [-0.2, 0) is 17.3 Å². The Bertz CT molecular complexity index is 2830. The number of allylic oxidation sites excluding steroid dienone is 1. The first-order valence-corrected chi connectivity index (χ1v) is 17.9. The highest BCUT2D eigenvalue weighted by atomic mass is 16.3. The molecule has 0 saturated carbocycles. The van der Waals surface area contributed by atoms with E-state index in [2.05, 4.69) is 157 Å². The van der Waals surface area contributed by atoms with E-state index in [1.54, 1.807) is 0 Å². The maximum absolute atomic E-state index is 7.03. The van der Waals surface area contributed by atoms with Crippen molar-refractivity contribution >= 4 is 71.3 Å². The molecule has 50 heavy (non-hydrogen) atoms. The van der Waals surface area contributed by atoms with Gasteiger partial charge in [-0.15, -0.1) is 0 Å². The van der Waals surface area contributed by atoms with Crippen LogP contribution in [0, 0.1) is 0 Å². The molecule has 0 fully saturated rings. The van der Waals surface area contributed by atoms with E-state index in [1.807, 2.05) is 0 Å². The minimum atomic E-state index is -0.0677. The van der Waals surface area contributed by atoms with Gasteiger partial charge in [0.1, 0.15) is 22.5 Å². The maximum atomic E-state index is 7.03. The Morgan fingerprint density at radius 2 is 1.10 bits per heavy atom. The van der Waals surface area contributed by atoms with Crippen molar-refractivity contribution in [1.29, 1.82) is 0 Å². The molecule has 2 heteroatoms. The third-order valence-electron chi connectivity index (χ3n) is 11.3. The van der Waals surface area contributed by atoms with Crippen molar-refractivity contribution in [2.45, 2.75) is 64.7 Å². The van der Waals surface area contributed by atoms with Crippen LogP contribution in [0.15, 0.2) is 118 Å². The SMILES string of the molecule is CC(C)(C)c1cc2c3oc4ccc(-c5ccccc5)cc4c3c3cc(C(C)(C)C)cc4c5oc6c(c5c(c1)c2c43)CC(c1ccccc1)C=C6. The fraction of sp³-hybridized carbons (Fsp3) is 0.208. The fourth-order valence-electron chi connectivity index (χ4n) is 8.52. The number of fused-ring (bicyclic) bond motifs is 10. The first-order chi connectivity index (χ1) is 24.0. The van der Waals surface area contributed by atoms with Crippen LogP contribution in [0.4, 0.5) is 0 Å². The van der Waals surface area contributed by atoms with Gasteiger partial charge in [-0.2, -0.15) is 0 Å². The summed E-state index contributed by atoms with van der Waals surface area (Å²) < 4.78 is 14.0. The summed E-state index contributed by atoms with van der Waals surface area (Å²) >= 11 is 0. The molecule has 0 amide bonds. The average molecular weight is 649 g/mol. The lowest BCUT2D eigenvalue weighted by atomic mass is 9.78. The first-order valence-electron chi connectivity index (χ1n) is 17.9. The molecule has 1 aliphatic rings. The molecule has 2 heterocycles. The molecule has 0 N–H and O–H groups in total. The Kier molecular flexibility index (Phi) is 5.98. The van der Waals surface area contributed by atoms with Gasteiger partial charge in [-0.25, -0.2) is 0 Å². The second-order valence-corrected chi connectivity index (χ2v) is 16.5. The molecule has 0 radical (unpaired) electrons. The van der Waals surface area contributed by atoms with Gasteiger partial charge in [-0.3, -0.25) is 0 Å². The minimum absolute atomic E-state index is 0.0642. The van der Waals surface area contributed by atoms with Crippen molar-refractivity contribution in [2.75, 3.05) is 0 Å². The van der Waals surface area contributed by atoms with Gasteiger partial charge in [0, 0.05) is 49.2 Å². The molecule has 244 valence electrons. The van der Waals surface area contributed by atoms with Crippen LogP contribution in [0.5, 0.6) is 0 Å². The average Bonchev–Trinajstić information content (AvgIpc) is 3.70. The summed E-state index contributed by atoms with van der Waals surface area (Å²) in [5, 5.41) is 11.0. The second-order valence-electron chi connectivity index (χ2n) is 16.5.